The lowest BCUT2D eigenvalue weighted by Crippen LogP contribution is -2.31. The number of ketones is 1. The van der Waals surface area contributed by atoms with Crippen LogP contribution < -0.4 is 5.32 Å². The van der Waals surface area contributed by atoms with Crippen LogP contribution in [-0.4, -0.2) is 32.4 Å². The number of halogens is 1. The quantitative estimate of drug-likeness (QED) is 0.593. The van der Waals surface area contributed by atoms with E-state index >= 15 is 0 Å². The molecule has 1 atom stereocenters. The summed E-state index contributed by atoms with van der Waals surface area (Å²) in [5.74, 6) is 0.468. The molecule has 7 heteroatoms. The lowest BCUT2D eigenvalue weighted by Gasteiger charge is -2.31. The second-order valence-electron chi connectivity index (χ2n) is 7.05. The van der Waals surface area contributed by atoms with Crippen molar-refractivity contribution in [1.29, 1.82) is 0 Å². The second-order valence-corrected chi connectivity index (χ2v) is 7.05. The summed E-state index contributed by atoms with van der Waals surface area (Å²) in [6.07, 6.45) is 6.53. The Bertz CT molecular complexity index is 858. The maximum Gasteiger partial charge on any atom is 0.174 e. The molecule has 2 N–H and O–H groups in total. The third kappa shape index (κ3) is 4.30. The number of carbonyl (C=O) groups is 1. The molecule has 0 aromatic carbocycles. The Morgan fingerprint density at radius 2 is 2.07 bits per heavy atom. The van der Waals surface area contributed by atoms with Gasteiger partial charge in [-0.25, -0.2) is 4.39 Å². The largest absolute Gasteiger partial charge is 0.385 e. The van der Waals surface area contributed by atoms with Gasteiger partial charge in [-0.1, -0.05) is 19.1 Å². The van der Waals surface area contributed by atoms with Crippen molar-refractivity contribution in [2.45, 2.75) is 64.3 Å². The predicted octanol–water partition coefficient (Wildman–Crippen LogP) is 3.73. The smallest absolute Gasteiger partial charge is 0.174 e. The summed E-state index contributed by atoms with van der Waals surface area (Å²) in [6, 6.07) is 1.79. The monoisotopic (exact) mass is 372 g/mol. The van der Waals surface area contributed by atoms with Gasteiger partial charge in [-0.05, 0) is 32.3 Å². The average molecular weight is 372 g/mol. The molecule has 1 unspecified atom stereocenters. The molecule has 1 fully saturated rings. The van der Waals surface area contributed by atoms with Crippen LogP contribution in [0.3, 0.4) is 0 Å². The lowest BCUT2D eigenvalue weighted by atomic mass is 9.79. The highest BCUT2D eigenvalue weighted by molar-refractivity contribution is 5.90. The van der Waals surface area contributed by atoms with Gasteiger partial charge in [0.15, 0.2) is 12.1 Å². The highest BCUT2D eigenvalue weighted by Gasteiger charge is 2.34. The minimum atomic E-state index is -1.30. The zero-order valence-corrected chi connectivity index (χ0v) is 15.7. The molecule has 0 bridgehead atoms. The van der Waals surface area contributed by atoms with Crippen LogP contribution in [0.15, 0.2) is 24.4 Å². The first kappa shape index (κ1) is 19.4. The van der Waals surface area contributed by atoms with Gasteiger partial charge in [0, 0.05) is 36.4 Å². The van der Waals surface area contributed by atoms with Crippen molar-refractivity contribution in [3.63, 3.8) is 0 Å². The number of rotatable bonds is 6. The van der Waals surface area contributed by atoms with Gasteiger partial charge in [-0.2, -0.15) is 5.10 Å². The predicted molar refractivity (Wildman–Crippen MR) is 102 cm³/mol. The molecule has 0 spiro atoms. The molecule has 2 aromatic rings. The van der Waals surface area contributed by atoms with Gasteiger partial charge in [0.25, 0.3) is 0 Å². The maximum absolute atomic E-state index is 14.3. The van der Waals surface area contributed by atoms with E-state index in [2.05, 4.69) is 20.5 Å². The van der Waals surface area contributed by atoms with E-state index < -0.39 is 11.9 Å². The van der Waals surface area contributed by atoms with Crippen LogP contribution in [0, 0.1) is 6.92 Å². The van der Waals surface area contributed by atoms with Crippen LogP contribution in [0.2, 0.25) is 0 Å². The number of aryl methyl sites for hydroxylation is 1. The molecule has 1 aliphatic rings. The Morgan fingerprint density at radius 1 is 1.33 bits per heavy atom. The van der Waals surface area contributed by atoms with Crippen LogP contribution in [0.5, 0.6) is 0 Å². The van der Waals surface area contributed by atoms with E-state index in [-0.39, 0.29) is 12.2 Å². The van der Waals surface area contributed by atoms with Crippen LogP contribution in [0.25, 0.3) is 10.9 Å². The molecule has 3 rings (SSSR count). The standard InChI is InChI=1S/C20H25FN4O2/c1-3-4-5-6-17(21)23-19-16-11-14(12-22-18(16)13(2)24-25-19)20(27)9-7-15(26)8-10-20/h4-5,11-12,17,27H,3,6-10H2,1-2H3,(H,23,25)/b5-4-. The fourth-order valence-electron chi connectivity index (χ4n) is 3.34. The van der Waals surface area contributed by atoms with E-state index in [0.717, 1.165) is 6.42 Å². The minimum Gasteiger partial charge on any atom is -0.385 e. The number of aliphatic hydroxyl groups is 1. The van der Waals surface area contributed by atoms with E-state index in [1.165, 1.54) is 0 Å². The third-order valence-electron chi connectivity index (χ3n) is 5.00. The number of hydrogen-bond acceptors (Lipinski definition) is 6. The lowest BCUT2D eigenvalue weighted by molar-refractivity contribution is -0.125. The summed E-state index contributed by atoms with van der Waals surface area (Å²) in [5.41, 5.74) is 0.777. The second kappa shape index (κ2) is 8.08. The fraction of sp³-hybridized carbons (Fsp3) is 0.500. The number of aromatic nitrogens is 3. The number of pyridine rings is 1. The Labute approximate surface area is 157 Å². The first-order chi connectivity index (χ1) is 12.9. The molecule has 0 amide bonds. The van der Waals surface area contributed by atoms with Crippen LogP contribution >= 0.6 is 0 Å². The maximum atomic E-state index is 14.3. The third-order valence-corrected chi connectivity index (χ3v) is 5.00. The molecule has 1 saturated carbocycles. The molecular formula is C20H25FN4O2. The molecular weight excluding hydrogens is 347 g/mol. The number of fused-ring (bicyclic) bond motifs is 1. The molecule has 27 heavy (non-hydrogen) atoms. The Hall–Kier alpha value is -2.41. The van der Waals surface area contributed by atoms with E-state index in [4.69, 9.17) is 0 Å². The van der Waals surface area contributed by atoms with Crippen molar-refractivity contribution in [2.75, 3.05) is 5.32 Å². The number of carbonyl (C=O) groups excluding carboxylic acids is 1. The Balaban J connectivity index is 1.94. The number of nitrogens with one attached hydrogen (secondary N) is 1. The summed E-state index contributed by atoms with van der Waals surface area (Å²) in [7, 11) is 0. The average Bonchev–Trinajstić information content (AvgIpc) is 2.66. The summed E-state index contributed by atoms with van der Waals surface area (Å²) >= 11 is 0. The van der Waals surface area contributed by atoms with Crippen molar-refractivity contribution in [3.05, 3.63) is 35.7 Å². The van der Waals surface area contributed by atoms with Gasteiger partial charge in [0.05, 0.1) is 16.8 Å². The van der Waals surface area contributed by atoms with Crippen molar-refractivity contribution < 1.29 is 14.3 Å². The Morgan fingerprint density at radius 3 is 2.78 bits per heavy atom. The topological polar surface area (TPSA) is 88.0 Å². The van der Waals surface area contributed by atoms with Crippen molar-refractivity contribution in [1.82, 2.24) is 15.2 Å². The highest BCUT2D eigenvalue weighted by Crippen LogP contribution is 2.37. The van der Waals surface area contributed by atoms with Gasteiger partial charge in [0.1, 0.15) is 5.78 Å². The van der Waals surface area contributed by atoms with E-state index in [0.29, 0.717) is 53.7 Å². The number of nitrogens with zero attached hydrogens (tertiary/aromatic N) is 3. The Kier molecular flexibility index (Phi) is 5.79. The normalized spacial score (nSPS) is 18.1. The summed E-state index contributed by atoms with van der Waals surface area (Å²) < 4.78 is 14.3. The van der Waals surface area contributed by atoms with E-state index in [9.17, 15) is 14.3 Å². The first-order valence-corrected chi connectivity index (χ1v) is 9.36. The molecule has 0 saturated heterocycles. The minimum absolute atomic E-state index is 0.165. The number of Topliss-reactive ketones (excluding diaryl/α,β-unsaturated/α-hetero) is 1. The summed E-state index contributed by atoms with van der Waals surface area (Å²) in [6.45, 7) is 3.78. The molecule has 0 radical (unpaired) electrons. The fourth-order valence-corrected chi connectivity index (χ4v) is 3.34. The summed E-state index contributed by atoms with van der Waals surface area (Å²) in [5, 5.41) is 22.5. The van der Waals surface area contributed by atoms with Gasteiger partial charge in [-0.3, -0.25) is 9.78 Å². The number of allylic oxidation sites excluding steroid dienone is 1. The number of hydrogen-bond donors (Lipinski definition) is 2. The van der Waals surface area contributed by atoms with Crippen molar-refractivity contribution in [2.24, 2.45) is 0 Å². The van der Waals surface area contributed by atoms with Crippen molar-refractivity contribution >= 4 is 22.5 Å². The van der Waals surface area contributed by atoms with Gasteiger partial charge < -0.3 is 10.4 Å². The molecule has 6 nitrogen and oxygen atoms in total. The van der Waals surface area contributed by atoms with E-state index in [1.54, 1.807) is 25.3 Å². The first-order valence-electron chi connectivity index (χ1n) is 9.36. The molecule has 2 aromatic heterocycles. The number of anilines is 1. The molecule has 144 valence electrons. The molecule has 1 aliphatic carbocycles. The van der Waals surface area contributed by atoms with Gasteiger partial charge in [0.2, 0.25) is 0 Å². The highest BCUT2D eigenvalue weighted by atomic mass is 19.1. The van der Waals surface area contributed by atoms with E-state index in [1.807, 2.05) is 13.0 Å². The molecule has 0 aliphatic heterocycles. The SMILES string of the molecule is CC/C=C\CC(F)Nc1nnc(C)c2ncc(C3(O)CCC(=O)CC3)cc12. The molecule has 2 heterocycles. The van der Waals surface area contributed by atoms with Crippen molar-refractivity contribution in [3.8, 4) is 0 Å². The van der Waals surface area contributed by atoms with Gasteiger partial charge in [-0.15, -0.1) is 5.10 Å². The van der Waals surface area contributed by atoms with Crippen LogP contribution in [0.4, 0.5) is 10.2 Å². The van der Waals surface area contributed by atoms with Crippen LogP contribution in [0.1, 0.15) is 56.7 Å². The zero-order valence-electron chi connectivity index (χ0n) is 15.7. The summed E-state index contributed by atoms with van der Waals surface area (Å²) in [4.78, 5) is 16.0. The zero-order chi connectivity index (χ0) is 19.4. The van der Waals surface area contributed by atoms with Gasteiger partial charge >= 0.3 is 0 Å². The number of alkyl halides is 1. The van der Waals surface area contributed by atoms with Crippen LogP contribution in [-0.2, 0) is 10.4 Å².